The Balaban J connectivity index is 0. The molecular formula is C6H16BF4NO. The molecule has 0 bridgehead atoms. The quantitative estimate of drug-likeness (QED) is 0.520. The van der Waals surface area contributed by atoms with Gasteiger partial charge in [0.2, 0.25) is 0 Å². The van der Waals surface area contributed by atoms with Crippen molar-refractivity contribution in [1.29, 1.82) is 0 Å². The van der Waals surface area contributed by atoms with Crippen molar-refractivity contribution >= 4 is 7.25 Å². The number of quaternary nitrogens is 1. The van der Waals surface area contributed by atoms with Gasteiger partial charge in [0, 0.05) is 7.11 Å². The zero-order valence-electron chi connectivity index (χ0n) is 8.12. The highest BCUT2D eigenvalue weighted by Gasteiger charge is 2.20. The lowest BCUT2D eigenvalue weighted by molar-refractivity contribution is -0.878. The van der Waals surface area contributed by atoms with Crippen LogP contribution in [0.4, 0.5) is 17.3 Å². The van der Waals surface area contributed by atoms with Crippen LogP contribution in [-0.2, 0) is 4.74 Å². The first-order valence-electron chi connectivity index (χ1n) is 3.98. The molecule has 0 amide bonds. The second-order valence-corrected chi connectivity index (χ2v) is 2.55. The smallest absolute Gasteiger partial charge is 0.418 e. The third-order valence-electron chi connectivity index (χ3n) is 1.34. The van der Waals surface area contributed by atoms with E-state index in [2.05, 4.69) is 14.0 Å². The number of methoxy groups -OCH3 is 1. The lowest BCUT2D eigenvalue weighted by Crippen LogP contribution is -3.09. The Kier molecular flexibility index (Phi) is 9.71. The van der Waals surface area contributed by atoms with E-state index in [4.69, 9.17) is 4.74 Å². The third-order valence-corrected chi connectivity index (χ3v) is 1.34. The van der Waals surface area contributed by atoms with Crippen molar-refractivity contribution in [2.45, 2.75) is 6.92 Å². The van der Waals surface area contributed by atoms with Crippen LogP contribution in [0, 0.1) is 0 Å². The fourth-order valence-corrected chi connectivity index (χ4v) is 0.453. The first-order valence-corrected chi connectivity index (χ1v) is 3.98. The molecule has 0 fully saturated rings. The van der Waals surface area contributed by atoms with Gasteiger partial charge in [-0.3, -0.25) is 0 Å². The van der Waals surface area contributed by atoms with E-state index >= 15 is 0 Å². The van der Waals surface area contributed by atoms with Crippen molar-refractivity contribution in [3.63, 3.8) is 0 Å². The second-order valence-electron chi connectivity index (χ2n) is 2.55. The standard InChI is InChI=1S/C6H15NO.BF4/c1-4-7(2)5-6-8-3;2-1(3,4)5/h4-6H2,1-3H3;/q;-1/p+1. The van der Waals surface area contributed by atoms with E-state index in [1.807, 2.05) is 0 Å². The Labute approximate surface area is 76.0 Å². The maximum Gasteiger partial charge on any atom is 0.673 e. The first-order chi connectivity index (χ1) is 5.81. The molecule has 0 radical (unpaired) electrons. The number of rotatable bonds is 4. The fraction of sp³-hybridized carbons (Fsp3) is 1.00. The Morgan fingerprint density at radius 3 is 1.85 bits per heavy atom. The van der Waals surface area contributed by atoms with Gasteiger partial charge in [0.05, 0.1) is 20.2 Å². The van der Waals surface area contributed by atoms with Gasteiger partial charge in [-0.1, -0.05) is 0 Å². The summed E-state index contributed by atoms with van der Waals surface area (Å²) < 4.78 is 43.9. The van der Waals surface area contributed by atoms with Gasteiger partial charge < -0.3 is 26.9 Å². The average Bonchev–Trinajstić information content (AvgIpc) is 1.97. The molecule has 0 aromatic heterocycles. The summed E-state index contributed by atoms with van der Waals surface area (Å²) in [5, 5.41) is 0. The molecular weight excluding hydrogens is 189 g/mol. The van der Waals surface area contributed by atoms with Crippen LogP contribution in [0.1, 0.15) is 6.92 Å². The molecule has 0 aromatic rings. The molecule has 0 aliphatic carbocycles. The summed E-state index contributed by atoms with van der Waals surface area (Å²) in [6, 6.07) is 0. The van der Waals surface area contributed by atoms with Gasteiger partial charge in [0.1, 0.15) is 6.54 Å². The summed E-state index contributed by atoms with van der Waals surface area (Å²) in [5.74, 6) is 0. The van der Waals surface area contributed by atoms with Crippen LogP contribution in [0.5, 0.6) is 0 Å². The Morgan fingerprint density at radius 1 is 1.23 bits per heavy atom. The molecule has 1 atom stereocenters. The first kappa shape index (κ1) is 15.2. The molecule has 7 heteroatoms. The molecule has 1 N–H and O–H groups in total. The highest BCUT2D eigenvalue weighted by molar-refractivity contribution is 6.50. The minimum absolute atomic E-state index is 0.875. The molecule has 0 saturated carbocycles. The van der Waals surface area contributed by atoms with E-state index in [1.165, 1.54) is 11.4 Å². The van der Waals surface area contributed by atoms with Gasteiger partial charge in [-0.25, -0.2) is 0 Å². The number of hydrogen-bond donors (Lipinski definition) is 1. The average molecular weight is 205 g/mol. The summed E-state index contributed by atoms with van der Waals surface area (Å²) in [4.78, 5) is 1.52. The number of nitrogens with one attached hydrogen (secondary N) is 1. The van der Waals surface area contributed by atoms with Gasteiger partial charge in [0.15, 0.2) is 0 Å². The number of halogens is 4. The van der Waals surface area contributed by atoms with E-state index in [-0.39, 0.29) is 0 Å². The normalized spacial score (nSPS) is 13.2. The molecule has 2 nitrogen and oxygen atoms in total. The van der Waals surface area contributed by atoms with E-state index in [0.29, 0.717) is 0 Å². The summed E-state index contributed by atoms with van der Waals surface area (Å²) >= 11 is 0. The van der Waals surface area contributed by atoms with Crippen molar-refractivity contribution in [2.75, 3.05) is 33.9 Å². The van der Waals surface area contributed by atoms with Crippen molar-refractivity contribution in [2.24, 2.45) is 0 Å². The predicted molar refractivity (Wildman–Crippen MR) is 44.4 cm³/mol. The minimum Gasteiger partial charge on any atom is -0.418 e. The molecule has 1 unspecified atom stereocenters. The van der Waals surface area contributed by atoms with Crippen LogP contribution in [0.15, 0.2) is 0 Å². The molecule has 13 heavy (non-hydrogen) atoms. The zero-order chi connectivity index (χ0) is 10.9. The van der Waals surface area contributed by atoms with Gasteiger partial charge in [0.25, 0.3) is 0 Å². The SMILES string of the molecule is CC[NH+](C)CCOC.F[B-](F)(F)F. The van der Waals surface area contributed by atoms with Crippen molar-refractivity contribution in [3.8, 4) is 0 Å². The zero-order valence-corrected chi connectivity index (χ0v) is 8.12. The molecule has 0 aromatic carbocycles. The number of ether oxygens (including phenoxy) is 1. The summed E-state index contributed by atoms with van der Waals surface area (Å²) in [6.45, 7) is 5.35. The van der Waals surface area contributed by atoms with Crippen molar-refractivity contribution in [3.05, 3.63) is 0 Å². The Hall–Kier alpha value is -0.295. The summed E-state index contributed by atoms with van der Waals surface area (Å²) in [5.41, 5.74) is 0. The van der Waals surface area contributed by atoms with Gasteiger partial charge in [-0.05, 0) is 6.92 Å². The van der Waals surface area contributed by atoms with Gasteiger partial charge in [-0.15, -0.1) is 0 Å². The molecule has 0 heterocycles. The number of hydrogen-bond acceptors (Lipinski definition) is 1. The van der Waals surface area contributed by atoms with Gasteiger partial charge in [-0.2, -0.15) is 0 Å². The number of likely N-dealkylation sites (N-methyl/N-ethyl adjacent to an activating group) is 1. The van der Waals surface area contributed by atoms with Crippen LogP contribution >= 0.6 is 0 Å². The predicted octanol–water partition coefficient (Wildman–Crippen LogP) is 0.467. The van der Waals surface area contributed by atoms with Crippen LogP contribution in [0.3, 0.4) is 0 Å². The topological polar surface area (TPSA) is 13.7 Å². The summed E-state index contributed by atoms with van der Waals surface area (Å²) in [7, 11) is -2.10. The third kappa shape index (κ3) is 33.9. The fourth-order valence-electron chi connectivity index (χ4n) is 0.453. The second kappa shape index (κ2) is 8.31. The monoisotopic (exact) mass is 205 g/mol. The van der Waals surface area contributed by atoms with E-state index in [0.717, 1.165) is 13.2 Å². The molecule has 0 saturated heterocycles. The minimum atomic E-state index is -6.00. The molecule has 0 aliphatic rings. The van der Waals surface area contributed by atoms with Gasteiger partial charge >= 0.3 is 7.25 Å². The van der Waals surface area contributed by atoms with E-state index < -0.39 is 7.25 Å². The lowest BCUT2D eigenvalue weighted by atomic mass is 10.3. The van der Waals surface area contributed by atoms with Crippen LogP contribution in [-0.4, -0.2) is 41.1 Å². The van der Waals surface area contributed by atoms with Crippen molar-refractivity contribution < 1.29 is 26.9 Å². The van der Waals surface area contributed by atoms with Crippen LogP contribution in [0.25, 0.3) is 0 Å². The maximum atomic E-state index is 9.75. The highest BCUT2D eigenvalue weighted by Crippen LogP contribution is 2.06. The lowest BCUT2D eigenvalue weighted by Gasteiger charge is -2.08. The van der Waals surface area contributed by atoms with Crippen LogP contribution in [0.2, 0.25) is 0 Å². The maximum absolute atomic E-state index is 9.75. The Morgan fingerprint density at radius 2 is 1.62 bits per heavy atom. The molecule has 82 valence electrons. The molecule has 0 spiro atoms. The van der Waals surface area contributed by atoms with Crippen LogP contribution < -0.4 is 4.90 Å². The molecule has 0 aliphatic heterocycles. The summed E-state index contributed by atoms with van der Waals surface area (Å²) in [6.07, 6.45) is 0. The Bertz CT molecular complexity index is 105. The van der Waals surface area contributed by atoms with E-state index in [1.54, 1.807) is 7.11 Å². The largest absolute Gasteiger partial charge is 0.673 e. The highest BCUT2D eigenvalue weighted by atomic mass is 19.5. The van der Waals surface area contributed by atoms with E-state index in [9.17, 15) is 17.3 Å². The van der Waals surface area contributed by atoms with Crippen molar-refractivity contribution in [1.82, 2.24) is 0 Å². The molecule has 0 rings (SSSR count).